The summed E-state index contributed by atoms with van der Waals surface area (Å²) in [5.41, 5.74) is 1.84. The zero-order chi connectivity index (χ0) is 25.8. The first-order valence-corrected chi connectivity index (χ1v) is 15.4. The standard InChI is InChI=1S/C28H28Cl4N2O2S/c29-23-15(17-11-19(17)27(35)33-13-3-1-4-13)7-9-21(25(23)31)37-22-10-8-16(24(30)26(22)32)18-12-20(18)28(36)34-14-5-2-6-14/h7-10,13-14,17-20H,1-6,11-12H2,(H,33,35)(H,34,36)/t17-,18-,19+,20+/m0/s1. The first kappa shape index (κ1) is 26.1. The lowest BCUT2D eigenvalue weighted by molar-refractivity contribution is -0.124. The predicted octanol–water partition coefficient (Wildman–Crippen LogP) is 8.00. The van der Waals surface area contributed by atoms with Crippen molar-refractivity contribution in [3.63, 3.8) is 0 Å². The third-order valence-electron chi connectivity index (χ3n) is 8.33. The molecule has 4 aliphatic rings. The first-order chi connectivity index (χ1) is 17.8. The van der Waals surface area contributed by atoms with Crippen molar-refractivity contribution >= 4 is 70.0 Å². The SMILES string of the molecule is O=C(NC1CCC1)[C@@H]1C[C@H]1c1ccc(Sc2ccc([C@@H]3C[C@H]3C(=O)NC3CCC3)c(Cl)c2Cl)c(Cl)c1Cl. The average molecular weight is 598 g/mol. The molecule has 4 saturated carbocycles. The van der Waals surface area contributed by atoms with E-state index in [0.29, 0.717) is 32.2 Å². The molecule has 2 aromatic carbocycles. The summed E-state index contributed by atoms with van der Waals surface area (Å²) in [5, 5.41) is 8.18. The molecule has 4 nitrogen and oxygen atoms in total. The highest BCUT2D eigenvalue weighted by atomic mass is 35.5. The predicted molar refractivity (Wildman–Crippen MR) is 150 cm³/mol. The van der Waals surface area contributed by atoms with Gasteiger partial charge in [0, 0.05) is 33.7 Å². The zero-order valence-corrected chi connectivity index (χ0v) is 24.0. The molecule has 2 amide bonds. The Kier molecular flexibility index (Phi) is 7.39. The topological polar surface area (TPSA) is 58.2 Å². The number of carbonyl (C=O) groups is 2. The molecule has 0 spiro atoms. The van der Waals surface area contributed by atoms with Crippen LogP contribution in [0.25, 0.3) is 0 Å². The summed E-state index contributed by atoms with van der Waals surface area (Å²) in [7, 11) is 0. The number of hydrogen-bond donors (Lipinski definition) is 2. The van der Waals surface area contributed by atoms with E-state index in [1.54, 1.807) is 0 Å². The van der Waals surface area contributed by atoms with E-state index < -0.39 is 0 Å². The summed E-state index contributed by atoms with van der Waals surface area (Å²) in [4.78, 5) is 26.6. The van der Waals surface area contributed by atoms with E-state index in [2.05, 4.69) is 10.6 Å². The summed E-state index contributed by atoms with van der Waals surface area (Å²) >= 11 is 28.1. The van der Waals surface area contributed by atoms with Gasteiger partial charge in [0.05, 0.1) is 20.1 Å². The van der Waals surface area contributed by atoms with Crippen molar-refractivity contribution in [1.82, 2.24) is 10.6 Å². The highest BCUT2D eigenvalue weighted by Gasteiger charge is 2.47. The summed E-state index contributed by atoms with van der Waals surface area (Å²) < 4.78 is 0. The van der Waals surface area contributed by atoms with Gasteiger partial charge in [-0.25, -0.2) is 0 Å². The fourth-order valence-electron chi connectivity index (χ4n) is 5.32. The maximum atomic E-state index is 12.5. The van der Waals surface area contributed by atoms with Crippen LogP contribution in [0.1, 0.15) is 74.3 Å². The summed E-state index contributed by atoms with van der Waals surface area (Å²) in [5.74, 6) is 0.399. The van der Waals surface area contributed by atoms with E-state index in [1.807, 2.05) is 24.3 Å². The number of carbonyl (C=O) groups excluding carboxylic acids is 2. The van der Waals surface area contributed by atoms with Crippen molar-refractivity contribution in [3.05, 3.63) is 55.5 Å². The Morgan fingerprint density at radius 1 is 0.649 bits per heavy atom. The second kappa shape index (κ2) is 10.5. The monoisotopic (exact) mass is 596 g/mol. The quantitative estimate of drug-likeness (QED) is 0.324. The lowest BCUT2D eigenvalue weighted by Crippen LogP contribution is -2.40. The van der Waals surface area contributed by atoms with Gasteiger partial charge in [0.1, 0.15) is 0 Å². The number of halogens is 4. The highest BCUT2D eigenvalue weighted by molar-refractivity contribution is 7.99. The zero-order valence-electron chi connectivity index (χ0n) is 20.2. The normalized spacial score (nSPS) is 26.7. The van der Waals surface area contributed by atoms with Gasteiger partial charge in [-0.05, 0) is 86.5 Å². The van der Waals surface area contributed by atoms with Crippen molar-refractivity contribution in [2.24, 2.45) is 11.8 Å². The molecule has 0 aromatic heterocycles. The minimum atomic E-state index is -0.0319. The van der Waals surface area contributed by atoms with E-state index in [0.717, 1.165) is 59.4 Å². The van der Waals surface area contributed by atoms with Crippen LogP contribution in [-0.4, -0.2) is 23.9 Å². The maximum Gasteiger partial charge on any atom is 0.223 e. The number of benzene rings is 2. The Morgan fingerprint density at radius 3 is 1.41 bits per heavy atom. The molecule has 6 rings (SSSR count). The summed E-state index contributed by atoms with van der Waals surface area (Å²) in [6.45, 7) is 0. The van der Waals surface area contributed by atoms with E-state index in [9.17, 15) is 9.59 Å². The van der Waals surface area contributed by atoms with Crippen LogP contribution in [-0.2, 0) is 9.59 Å². The van der Waals surface area contributed by atoms with E-state index in [1.165, 1.54) is 24.6 Å². The molecule has 37 heavy (non-hydrogen) atoms. The molecule has 2 N–H and O–H groups in total. The van der Waals surface area contributed by atoms with Crippen LogP contribution in [0.3, 0.4) is 0 Å². The molecule has 0 bridgehead atoms. The van der Waals surface area contributed by atoms with Gasteiger partial charge >= 0.3 is 0 Å². The second-order valence-corrected chi connectivity index (χ2v) is 13.4. The average Bonchev–Trinajstić information content (AvgIpc) is 3.74. The van der Waals surface area contributed by atoms with Crippen molar-refractivity contribution in [2.45, 2.75) is 85.1 Å². The second-order valence-electron chi connectivity index (χ2n) is 10.8. The number of hydrogen-bond acceptors (Lipinski definition) is 3. The Hall–Kier alpha value is -1.11. The van der Waals surface area contributed by atoms with Gasteiger partial charge in [-0.1, -0.05) is 70.3 Å². The van der Waals surface area contributed by atoms with Crippen LogP contribution in [0, 0.1) is 11.8 Å². The molecule has 4 atom stereocenters. The summed E-state index contributed by atoms with van der Waals surface area (Å²) in [6, 6.07) is 8.49. The lowest BCUT2D eigenvalue weighted by atomic mass is 9.93. The van der Waals surface area contributed by atoms with Crippen molar-refractivity contribution < 1.29 is 9.59 Å². The van der Waals surface area contributed by atoms with E-state index >= 15 is 0 Å². The fraction of sp³-hybridized carbons (Fsp3) is 0.500. The van der Waals surface area contributed by atoms with Crippen molar-refractivity contribution in [3.8, 4) is 0 Å². The van der Waals surface area contributed by atoms with Gasteiger partial charge < -0.3 is 10.6 Å². The molecule has 4 fully saturated rings. The van der Waals surface area contributed by atoms with Crippen molar-refractivity contribution in [2.75, 3.05) is 0 Å². The molecule has 0 unspecified atom stereocenters. The number of amides is 2. The molecule has 0 heterocycles. The van der Waals surface area contributed by atoms with Crippen LogP contribution >= 0.6 is 58.2 Å². The Morgan fingerprint density at radius 2 is 1.05 bits per heavy atom. The Labute approximate surface area is 241 Å². The molecule has 2 aromatic rings. The van der Waals surface area contributed by atoms with Gasteiger partial charge in [0.2, 0.25) is 11.8 Å². The van der Waals surface area contributed by atoms with Crippen LogP contribution in [0.2, 0.25) is 20.1 Å². The smallest absolute Gasteiger partial charge is 0.223 e. The lowest BCUT2D eigenvalue weighted by Gasteiger charge is -2.26. The van der Waals surface area contributed by atoms with Gasteiger partial charge in [-0.2, -0.15) is 0 Å². The Bertz CT molecular complexity index is 1170. The Balaban J connectivity index is 1.12. The first-order valence-electron chi connectivity index (χ1n) is 13.1. The highest BCUT2D eigenvalue weighted by Crippen LogP contribution is 2.55. The molecule has 0 aliphatic heterocycles. The van der Waals surface area contributed by atoms with Crippen molar-refractivity contribution in [1.29, 1.82) is 0 Å². The van der Waals surface area contributed by atoms with Crippen LogP contribution in [0.15, 0.2) is 34.1 Å². The minimum absolute atomic E-state index is 0.0319. The van der Waals surface area contributed by atoms with Gasteiger partial charge in [-0.15, -0.1) is 0 Å². The molecule has 0 radical (unpaired) electrons. The largest absolute Gasteiger partial charge is 0.353 e. The fourth-order valence-corrected chi connectivity index (χ4v) is 7.51. The molecular weight excluding hydrogens is 570 g/mol. The van der Waals surface area contributed by atoms with E-state index in [-0.39, 0.29) is 35.5 Å². The molecule has 196 valence electrons. The van der Waals surface area contributed by atoms with Crippen LogP contribution < -0.4 is 10.6 Å². The molecular formula is C28H28Cl4N2O2S. The number of rotatable bonds is 8. The third-order valence-corrected chi connectivity index (χ3v) is 11.5. The third kappa shape index (κ3) is 5.24. The van der Waals surface area contributed by atoms with E-state index in [4.69, 9.17) is 46.4 Å². The summed E-state index contributed by atoms with van der Waals surface area (Å²) in [6.07, 6.45) is 8.28. The molecule has 9 heteroatoms. The molecule has 0 saturated heterocycles. The van der Waals surface area contributed by atoms with Gasteiger partial charge in [-0.3, -0.25) is 9.59 Å². The maximum absolute atomic E-state index is 12.5. The molecule has 4 aliphatic carbocycles. The number of nitrogens with one attached hydrogen (secondary N) is 2. The van der Waals surface area contributed by atoms with Gasteiger partial charge in [0.25, 0.3) is 0 Å². The van der Waals surface area contributed by atoms with Crippen LogP contribution in [0.5, 0.6) is 0 Å². The van der Waals surface area contributed by atoms with Crippen LogP contribution in [0.4, 0.5) is 0 Å². The van der Waals surface area contributed by atoms with Gasteiger partial charge in [0.15, 0.2) is 0 Å². The minimum Gasteiger partial charge on any atom is -0.353 e.